The summed E-state index contributed by atoms with van der Waals surface area (Å²) in [5.74, 6) is -1.00. The molecule has 0 aromatic heterocycles. The van der Waals surface area contributed by atoms with E-state index in [9.17, 15) is 17.6 Å². The fraction of sp³-hybridized carbons (Fsp3) is 0.240. The van der Waals surface area contributed by atoms with Gasteiger partial charge in [-0.15, -0.1) is 0 Å². The van der Waals surface area contributed by atoms with E-state index in [2.05, 4.69) is 0 Å². The lowest BCUT2D eigenvalue weighted by atomic mass is 10.1. The lowest BCUT2D eigenvalue weighted by molar-refractivity contribution is 0.0722. The molecule has 0 saturated carbocycles. The average molecular weight is 506 g/mol. The molecule has 9 heteroatoms. The van der Waals surface area contributed by atoms with E-state index in [-0.39, 0.29) is 34.8 Å². The lowest BCUT2D eigenvalue weighted by Crippen LogP contribution is -2.34. The minimum absolute atomic E-state index is 0.0411. The molecule has 0 aliphatic heterocycles. The van der Waals surface area contributed by atoms with Crippen molar-refractivity contribution in [1.29, 1.82) is 0 Å². The molecule has 0 unspecified atom stereocenters. The van der Waals surface area contributed by atoms with Crippen molar-refractivity contribution in [3.8, 4) is 11.5 Å². The summed E-state index contributed by atoms with van der Waals surface area (Å²) in [6.07, 6.45) is 0. The smallest absolute Gasteiger partial charge is 0.339 e. The minimum atomic E-state index is -4.34. The van der Waals surface area contributed by atoms with Crippen LogP contribution in [0, 0.1) is 11.7 Å². The van der Waals surface area contributed by atoms with E-state index in [1.54, 1.807) is 47.4 Å². The predicted octanol–water partition coefficient (Wildman–Crippen LogP) is 5.55. The highest BCUT2D eigenvalue weighted by Gasteiger charge is 2.24. The first-order chi connectivity index (χ1) is 16.1. The van der Waals surface area contributed by atoms with Crippen LogP contribution in [0.3, 0.4) is 0 Å². The maximum Gasteiger partial charge on any atom is 0.339 e. The van der Waals surface area contributed by atoms with Gasteiger partial charge in [-0.1, -0.05) is 55.8 Å². The van der Waals surface area contributed by atoms with Gasteiger partial charge in [0, 0.05) is 18.7 Å². The third kappa shape index (κ3) is 6.07. The molecule has 180 valence electrons. The van der Waals surface area contributed by atoms with Gasteiger partial charge in [0.1, 0.15) is 10.6 Å². The number of halogens is 2. The van der Waals surface area contributed by atoms with E-state index in [4.69, 9.17) is 20.5 Å². The van der Waals surface area contributed by atoms with E-state index >= 15 is 0 Å². The molecule has 0 radical (unpaired) electrons. The van der Waals surface area contributed by atoms with Crippen LogP contribution in [-0.4, -0.2) is 32.9 Å². The number of benzene rings is 3. The van der Waals surface area contributed by atoms with Gasteiger partial charge in [-0.3, -0.25) is 4.79 Å². The van der Waals surface area contributed by atoms with Crippen molar-refractivity contribution in [2.45, 2.75) is 25.3 Å². The van der Waals surface area contributed by atoms with E-state index in [1.807, 2.05) is 13.8 Å². The van der Waals surface area contributed by atoms with E-state index in [1.165, 1.54) is 25.3 Å². The first-order valence-corrected chi connectivity index (χ1v) is 12.3. The normalized spacial score (nSPS) is 11.4. The van der Waals surface area contributed by atoms with Gasteiger partial charge in [0.05, 0.1) is 17.7 Å². The van der Waals surface area contributed by atoms with Gasteiger partial charge in [-0.2, -0.15) is 8.42 Å². The molecule has 3 rings (SSSR count). The number of carbonyl (C=O) groups is 1. The van der Waals surface area contributed by atoms with Gasteiger partial charge in [-0.05, 0) is 42.3 Å². The number of hydrogen-bond acceptors (Lipinski definition) is 5. The Balaban J connectivity index is 1.91. The molecule has 0 saturated heterocycles. The van der Waals surface area contributed by atoms with Crippen molar-refractivity contribution < 1.29 is 26.5 Å². The molecule has 0 aliphatic rings. The number of nitrogens with zero attached hydrogens (tertiary/aromatic N) is 1. The first-order valence-electron chi connectivity index (χ1n) is 10.5. The Morgan fingerprint density at radius 3 is 2.35 bits per heavy atom. The lowest BCUT2D eigenvalue weighted by Gasteiger charge is -2.26. The predicted molar refractivity (Wildman–Crippen MR) is 128 cm³/mol. The Hall–Kier alpha value is -3.10. The summed E-state index contributed by atoms with van der Waals surface area (Å²) in [5, 5.41) is 0.329. The highest BCUT2D eigenvalue weighted by atomic mass is 35.5. The Kier molecular flexibility index (Phi) is 8.17. The molecule has 1 amide bonds. The summed E-state index contributed by atoms with van der Waals surface area (Å²) in [6.45, 7) is 4.44. The number of carbonyl (C=O) groups excluding carboxylic acids is 1. The van der Waals surface area contributed by atoms with Crippen molar-refractivity contribution in [1.82, 2.24) is 4.90 Å². The van der Waals surface area contributed by atoms with Crippen LogP contribution in [0.5, 0.6) is 11.5 Å². The standard InChI is InChI=1S/C25H25ClFNO5S/c1-17(2)15-28(25(29)20-9-5-6-10-21(20)26)16-18-8-4-7-11-23(18)33-34(30,31)19-12-13-24(32-3)22(27)14-19/h4-14,17H,15-16H2,1-3H3. The Bertz CT molecular complexity index is 1280. The molecule has 0 atom stereocenters. The summed E-state index contributed by atoms with van der Waals surface area (Å²) in [6, 6.07) is 16.5. The molecule has 3 aromatic rings. The highest BCUT2D eigenvalue weighted by molar-refractivity contribution is 7.87. The number of amides is 1. The zero-order valence-electron chi connectivity index (χ0n) is 19.0. The zero-order valence-corrected chi connectivity index (χ0v) is 20.6. The quantitative estimate of drug-likeness (QED) is 0.356. The highest BCUT2D eigenvalue weighted by Crippen LogP contribution is 2.28. The second kappa shape index (κ2) is 10.9. The van der Waals surface area contributed by atoms with Crippen LogP contribution in [0.25, 0.3) is 0 Å². The number of hydrogen-bond donors (Lipinski definition) is 0. The minimum Gasteiger partial charge on any atom is -0.494 e. The van der Waals surface area contributed by atoms with Gasteiger partial charge in [0.15, 0.2) is 11.6 Å². The molecule has 34 heavy (non-hydrogen) atoms. The second-order valence-corrected chi connectivity index (χ2v) is 9.95. The van der Waals surface area contributed by atoms with Crippen LogP contribution >= 0.6 is 11.6 Å². The van der Waals surface area contributed by atoms with Gasteiger partial charge < -0.3 is 13.8 Å². The molecular formula is C25H25ClFNO5S. The fourth-order valence-electron chi connectivity index (χ4n) is 3.36. The van der Waals surface area contributed by atoms with Crippen molar-refractivity contribution in [2.75, 3.05) is 13.7 Å². The zero-order chi connectivity index (χ0) is 24.9. The van der Waals surface area contributed by atoms with Crippen LogP contribution < -0.4 is 8.92 Å². The summed E-state index contributed by atoms with van der Waals surface area (Å²) in [7, 11) is -3.06. The third-order valence-electron chi connectivity index (χ3n) is 4.92. The maximum atomic E-state index is 14.1. The molecule has 6 nitrogen and oxygen atoms in total. The topological polar surface area (TPSA) is 72.9 Å². The summed E-state index contributed by atoms with van der Waals surface area (Å²) in [5.41, 5.74) is 0.825. The Labute approximate surface area is 204 Å². The van der Waals surface area contributed by atoms with Crippen LogP contribution in [0.1, 0.15) is 29.8 Å². The summed E-state index contributed by atoms with van der Waals surface area (Å²) < 4.78 is 50.0. The van der Waals surface area contributed by atoms with Crippen molar-refractivity contribution in [3.05, 3.63) is 88.7 Å². The summed E-state index contributed by atoms with van der Waals surface area (Å²) >= 11 is 6.23. The fourth-order valence-corrected chi connectivity index (χ4v) is 4.55. The molecule has 0 bridgehead atoms. The van der Waals surface area contributed by atoms with Gasteiger partial charge in [0.25, 0.3) is 5.91 Å². The van der Waals surface area contributed by atoms with Gasteiger partial charge >= 0.3 is 10.1 Å². The Morgan fingerprint density at radius 1 is 1.03 bits per heavy atom. The van der Waals surface area contributed by atoms with Crippen molar-refractivity contribution >= 4 is 27.6 Å². The maximum absolute atomic E-state index is 14.1. The van der Waals surface area contributed by atoms with E-state index in [0.717, 1.165) is 6.07 Å². The number of para-hydroxylation sites is 1. The van der Waals surface area contributed by atoms with E-state index in [0.29, 0.717) is 22.7 Å². The largest absolute Gasteiger partial charge is 0.494 e. The molecule has 0 spiro atoms. The van der Waals surface area contributed by atoms with Gasteiger partial charge in [0.2, 0.25) is 0 Å². The SMILES string of the molecule is COc1ccc(S(=O)(=O)Oc2ccccc2CN(CC(C)C)C(=O)c2ccccc2Cl)cc1F. The first kappa shape index (κ1) is 25.5. The summed E-state index contributed by atoms with van der Waals surface area (Å²) in [4.78, 5) is 14.5. The number of methoxy groups -OCH3 is 1. The van der Waals surface area contributed by atoms with E-state index < -0.39 is 15.9 Å². The molecular weight excluding hydrogens is 481 g/mol. The molecule has 0 fully saturated rings. The van der Waals surface area contributed by atoms with Crippen molar-refractivity contribution in [3.63, 3.8) is 0 Å². The number of rotatable bonds is 9. The molecule has 0 aliphatic carbocycles. The van der Waals surface area contributed by atoms with Crippen LogP contribution in [0.2, 0.25) is 5.02 Å². The molecule has 0 N–H and O–H groups in total. The van der Waals surface area contributed by atoms with Crippen LogP contribution in [-0.2, 0) is 16.7 Å². The van der Waals surface area contributed by atoms with Crippen molar-refractivity contribution in [2.24, 2.45) is 5.92 Å². The molecule has 3 aromatic carbocycles. The monoisotopic (exact) mass is 505 g/mol. The third-order valence-corrected chi connectivity index (χ3v) is 6.48. The van der Waals surface area contributed by atoms with Crippen LogP contribution in [0.4, 0.5) is 4.39 Å². The average Bonchev–Trinajstić information content (AvgIpc) is 2.79. The van der Waals surface area contributed by atoms with Gasteiger partial charge in [-0.25, -0.2) is 4.39 Å². The Morgan fingerprint density at radius 2 is 1.71 bits per heavy atom. The molecule has 0 heterocycles. The second-order valence-electron chi connectivity index (χ2n) is 8.00. The van der Waals surface area contributed by atoms with Crippen LogP contribution in [0.15, 0.2) is 71.6 Å². The number of ether oxygens (including phenoxy) is 1.